The topological polar surface area (TPSA) is 70.2 Å². The minimum atomic E-state index is -0.233. The van der Waals surface area contributed by atoms with Gasteiger partial charge in [-0.15, -0.1) is 0 Å². The molecular formula is C18H25N5O. The highest BCUT2D eigenvalue weighted by molar-refractivity contribution is 6.04. The molecule has 0 saturated carbocycles. The number of likely N-dealkylation sites (N-methyl/N-ethyl adjacent to an activating group) is 1. The average molecular weight is 327 g/mol. The smallest absolute Gasteiger partial charge is 0.274 e. The lowest BCUT2D eigenvalue weighted by Gasteiger charge is -2.13. The van der Waals surface area contributed by atoms with Gasteiger partial charge in [0, 0.05) is 24.8 Å². The predicted octanol–water partition coefficient (Wildman–Crippen LogP) is 2.63. The van der Waals surface area contributed by atoms with E-state index < -0.39 is 0 Å². The third-order valence-electron chi connectivity index (χ3n) is 3.68. The zero-order chi connectivity index (χ0) is 17.7. The van der Waals surface area contributed by atoms with Crippen molar-refractivity contribution in [1.82, 2.24) is 14.9 Å². The summed E-state index contributed by atoms with van der Waals surface area (Å²) in [6.45, 7) is 7.66. The van der Waals surface area contributed by atoms with Crippen LogP contribution >= 0.6 is 0 Å². The van der Waals surface area contributed by atoms with Gasteiger partial charge in [0.15, 0.2) is 0 Å². The minimum Gasteiger partial charge on any atom is -0.369 e. The summed E-state index contributed by atoms with van der Waals surface area (Å²) >= 11 is 0. The summed E-state index contributed by atoms with van der Waals surface area (Å²) in [5.74, 6) is 0.414. The number of carbonyl (C=O) groups excluding carboxylic acids is 1. The van der Waals surface area contributed by atoms with Gasteiger partial charge in [0.1, 0.15) is 17.8 Å². The number of aromatic nitrogens is 2. The van der Waals surface area contributed by atoms with Gasteiger partial charge in [-0.3, -0.25) is 4.79 Å². The Labute approximate surface area is 143 Å². The second-order valence-corrected chi connectivity index (χ2v) is 6.25. The minimum absolute atomic E-state index is 0.233. The molecule has 1 heterocycles. The van der Waals surface area contributed by atoms with Gasteiger partial charge in [0.2, 0.25) is 0 Å². The molecule has 0 aliphatic rings. The van der Waals surface area contributed by atoms with Gasteiger partial charge >= 0.3 is 0 Å². The fourth-order valence-electron chi connectivity index (χ4n) is 2.54. The molecule has 0 spiro atoms. The predicted molar refractivity (Wildman–Crippen MR) is 97.7 cm³/mol. The van der Waals surface area contributed by atoms with E-state index in [0.29, 0.717) is 11.5 Å². The van der Waals surface area contributed by atoms with Crippen LogP contribution < -0.4 is 10.6 Å². The monoisotopic (exact) mass is 327 g/mol. The largest absolute Gasteiger partial charge is 0.369 e. The Morgan fingerprint density at radius 3 is 2.38 bits per heavy atom. The number of aryl methyl sites for hydroxylation is 3. The van der Waals surface area contributed by atoms with Crippen LogP contribution in [0.5, 0.6) is 0 Å². The van der Waals surface area contributed by atoms with Gasteiger partial charge in [-0.25, -0.2) is 9.97 Å². The molecule has 24 heavy (non-hydrogen) atoms. The van der Waals surface area contributed by atoms with Gasteiger partial charge in [0.25, 0.3) is 5.91 Å². The number of carbonyl (C=O) groups is 1. The molecule has 2 aromatic rings. The van der Waals surface area contributed by atoms with Crippen LogP contribution in [0.1, 0.15) is 27.2 Å². The van der Waals surface area contributed by atoms with Crippen LogP contribution in [-0.2, 0) is 0 Å². The van der Waals surface area contributed by atoms with E-state index >= 15 is 0 Å². The average Bonchev–Trinajstić information content (AvgIpc) is 2.50. The Morgan fingerprint density at radius 1 is 1.08 bits per heavy atom. The highest BCUT2D eigenvalue weighted by Crippen LogP contribution is 2.22. The molecule has 6 heteroatoms. The molecule has 0 unspecified atom stereocenters. The quantitative estimate of drug-likeness (QED) is 0.853. The molecule has 2 rings (SSSR count). The molecule has 1 amide bonds. The molecule has 128 valence electrons. The second-order valence-electron chi connectivity index (χ2n) is 6.25. The Hall–Kier alpha value is -2.47. The van der Waals surface area contributed by atoms with Crippen molar-refractivity contribution in [3.8, 4) is 0 Å². The zero-order valence-electron chi connectivity index (χ0n) is 15.0. The lowest BCUT2D eigenvalue weighted by Crippen LogP contribution is -2.21. The first-order chi connectivity index (χ1) is 11.4. The Balaban J connectivity index is 2.10. The molecule has 1 aromatic carbocycles. The molecule has 0 saturated heterocycles. The van der Waals surface area contributed by atoms with Crippen molar-refractivity contribution < 1.29 is 4.79 Å². The van der Waals surface area contributed by atoms with E-state index in [0.717, 1.165) is 29.9 Å². The highest BCUT2D eigenvalue weighted by atomic mass is 16.1. The Morgan fingerprint density at radius 2 is 1.75 bits per heavy atom. The van der Waals surface area contributed by atoms with Gasteiger partial charge in [-0.2, -0.15) is 0 Å². The number of amides is 1. The maximum Gasteiger partial charge on any atom is 0.274 e. The molecule has 0 atom stereocenters. The summed E-state index contributed by atoms with van der Waals surface area (Å²) in [5.41, 5.74) is 4.44. The van der Waals surface area contributed by atoms with Crippen LogP contribution in [0.2, 0.25) is 0 Å². The van der Waals surface area contributed by atoms with Gasteiger partial charge < -0.3 is 15.5 Å². The molecule has 0 aliphatic carbocycles. The number of anilines is 2. The van der Waals surface area contributed by atoms with E-state index in [4.69, 9.17) is 0 Å². The second kappa shape index (κ2) is 7.88. The van der Waals surface area contributed by atoms with E-state index in [9.17, 15) is 4.79 Å². The maximum absolute atomic E-state index is 12.5. The molecule has 0 fully saturated rings. The number of rotatable bonds is 6. The van der Waals surface area contributed by atoms with Crippen LogP contribution in [0.15, 0.2) is 24.5 Å². The third-order valence-corrected chi connectivity index (χ3v) is 3.68. The van der Waals surface area contributed by atoms with E-state index in [1.165, 1.54) is 11.9 Å². The normalized spacial score (nSPS) is 10.8. The van der Waals surface area contributed by atoms with Crippen molar-refractivity contribution in [2.75, 3.05) is 37.8 Å². The highest BCUT2D eigenvalue weighted by Gasteiger charge is 2.12. The lowest BCUT2D eigenvalue weighted by atomic mass is 10.1. The van der Waals surface area contributed by atoms with Crippen molar-refractivity contribution in [1.29, 1.82) is 0 Å². The van der Waals surface area contributed by atoms with E-state index in [1.807, 2.05) is 34.9 Å². The first-order valence-corrected chi connectivity index (χ1v) is 7.96. The molecule has 1 aromatic heterocycles. The Bertz CT molecular complexity index is 704. The van der Waals surface area contributed by atoms with E-state index in [1.54, 1.807) is 6.07 Å². The standard InChI is InChI=1S/C18H25N5O/c1-12-8-13(2)17(14(3)9-12)22-18(24)15-10-16(21-11-20-15)19-6-7-23(4)5/h8-11H,6-7H2,1-5H3,(H,22,24)(H,19,20,21). The number of nitrogens with zero attached hydrogens (tertiary/aromatic N) is 3. The summed E-state index contributed by atoms with van der Waals surface area (Å²) in [4.78, 5) is 22.8. The first kappa shape index (κ1) is 17.9. The number of hydrogen-bond donors (Lipinski definition) is 2. The van der Waals surface area contributed by atoms with Crippen LogP contribution in [0, 0.1) is 20.8 Å². The fourth-order valence-corrected chi connectivity index (χ4v) is 2.54. The first-order valence-electron chi connectivity index (χ1n) is 7.96. The van der Waals surface area contributed by atoms with Gasteiger partial charge in [-0.05, 0) is 46.0 Å². The van der Waals surface area contributed by atoms with Crippen molar-refractivity contribution in [2.45, 2.75) is 20.8 Å². The van der Waals surface area contributed by atoms with Gasteiger partial charge in [-0.1, -0.05) is 17.7 Å². The van der Waals surface area contributed by atoms with E-state index in [2.05, 4.69) is 37.6 Å². The van der Waals surface area contributed by atoms with Crippen molar-refractivity contribution >= 4 is 17.4 Å². The van der Waals surface area contributed by atoms with Crippen molar-refractivity contribution in [3.05, 3.63) is 46.9 Å². The molecule has 0 radical (unpaired) electrons. The van der Waals surface area contributed by atoms with Gasteiger partial charge in [0.05, 0.1) is 0 Å². The molecular weight excluding hydrogens is 302 g/mol. The Kier molecular flexibility index (Phi) is 5.87. The number of nitrogens with one attached hydrogen (secondary N) is 2. The van der Waals surface area contributed by atoms with E-state index in [-0.39, 0.29) is 5.91 Å². The van der Waals surface area contributed by atoms with Crippen molar-refractivity contribution in [3.63, 3.8) is 0 Å². The van der Waals surface area contributed by atoms with Crippen molar-refractivity contribution in [2.24, 2.45) is 0 Å². The number of hydrogen-bond acceptors (Lipinski definition) is 5. The third kappa shape index (κ3) is 4.76. The van der Waals surface area contributed by atoms with Crippen LogP contribution in [0.4, 0.5) is 11.5 Å². The summed E-state index contributed by atoms with van der Waals surface area (Å²) in [6, 6.07) is 5.78. The maximum atomic E-state index is 12.5. The summed E-state index contributed by atoms with van der Waals surface area (Å²) < 4.78 is 0. The summed E-state index contributed by atoms with van der Waals surface area (Å²) in [5, 5.41) is 6.15. The lowest BCUT2D eigenvalue weighted by molar-refractivity contribution is 0.102. The summed E-state index contributed by atoms with van der Waals surface area (Å²) in [6.07, 6.45) is 1.40. The molecule has 6 nitrogen and oxygen atoms in total. The molecule has 0 bridgehead atoms. The fraction of sp³-hybridized carbons (Fsp3) is 0.389. The molecule has 0 aliphatic heterocycles. The summed E-state index contributed by atoms with van der Waals surface area (Å²) in [7, 11) is 4.01. The SMILES string of the molecule is Cc1cc(C)c(NC(=O)c2cc(NCCN(C)C)ncn2)c(C)c1. The number of benzene rings is 1. The van der Waals surface area contributed by atoms with Crippen LogP contribution in [0.3, 0.4) is 0 Å². The van der Waals surface area contributed by atoms with Crippen LogP contribution in [-0.4, -0.2) is 48.0 Å². The van der Waals surface area contributed by atoms with Crippen LogP contribution in [0.25, 0.3) is 0 Å². The zero-order valence-corrected chi connectivity index (χ0v) is 15.0. The molecule has 2 N–H and O–H groups in total.